The fourth-order valence-corrected chi connectivity index (χ4v) is 4.57. The summed E-state index contributed by atoms with van der Waals surface area (Å²) in [4.78, 5) is 16.7. The van der Waals surface area contributed by atoms with Gasteiger partial charge < -0.3 is 10.2 Å². The maximum absolute atomic E-state index is 12.0. The topological polar surface area (TPSA) is 69.7 Å². The van der Waals surface area contributed by atoms with Gasteiger partial charge in [-0.1, -0.05) is 0 Å². The van der Waals surface area contributed by atoms with E-state index in [1.807, 2.05) is 6.92 Å². The summed E-state index contributed by atoms with van der Waals surface area (Å²) < 4.78 is 22.8. The summed E-state index contributed by atoms with van der Waals surface area (Å²) in [5.41, 5.74) is 0. The largest absolute Gasteiger partial charge is 0.352 e. The molecule has 0 aromatic heterocycles. The Labute approximate surface area is 121 Å². The van der Waals surface area contributed by atoms with Crippen molar-refractivity contribution in [2.45, 2.75) is 19.4 Å². The van der Waals surface area contributed by atoms with E-state index in [-0.39, 0.29) is 29.4 Å². The monoisotopic (exact) mass is 303 g/mol. The lowest BCUT2D eigenvalue weighted by molar-refractivity contribution is -0.125. The van der Waals surface area contributed by atoms with Crippen molar-refractivity contribution < 1.29 is 13.2 Å². The summed E-state index contributed by atoms with van der Waals surface area (Å²) in [7, 11) is -0.872. The SMILES string of the molecule is C[C@H](CN1CCN(C)CC1)NC(=O)[C@H]1CCS(=O)(=O)C1. The van der Waals surface area contributed by atoms with Crippen LogP contribution in [0.5, 0.6) is 0 Å². The van der Waals surface area contributed by atoms with Gasteiger partial charge >= 0.3 is 0 Å². The molecule has 2 saturated heterocycles. The molecule has 20 heavy (non-hydrogen) atoms. The van der Waals surface area contributed by atoms with Gasteiger partial charge in [0.15, 0.2) is 9.84 Å². The summed E-state index contributed by atoms with van der Waals surface area (Å²) >= 11 is 0. The Hall–Kier alpha value is -0.660. The molecule has 0 aromatic carbocycles. The molecule has 6 nitrogen and oxygen atoms in total. The number of piperazine rings is 1. The smallest absolute Gasteiger partial charge is 0.224 e. The third kappa shape index (κ3) is 4.43. The van der Waals surface area contributed by atoms with Crippen LogP contribution in [-0.4, -0.2) is 81.4 Å². The van der Waals surface area contributed by atoms with Crippen LogP contribution >= 0.6 is 0 Å². The molecule has 2 aliphatic heterocycles. The average molecular weight is 303 g/mol. The predicted molar refractivity (Wildman–Crippen MR) is 78.3 cm³/mol. The van der Waals surface area contributed by atoms with Crippen molar-refractivity contribution in [3.63, 3.8) is 0 Å². The molecule has 7 heteroatoms. The van der Waals surface area contributed by atoms with E-state index in [9.17, 15) is 13.2 Å². The zero-order valence-corrected chi connectivity index (χ0v) is 13.2. The second-order valence-electron chi connectivity index (χ2n) is 6.11. The minimum Gasteiger partial charge on any atom is -0.352 e. The Morgan fingerprint density at radius 3 is 2.50 bits per heavy atom. The van der Waals surface area contributed by atoms with Crippen molar-refractivity contribution in [1.82, 2.24) is 15.1 Å². The minimum atomic E-state index is -2.99. The highest BCUT2D eigenvalue weighted by Crippen LogP contribution is 2.18. The zero-order valence-electron chi connectivity index (χ0n) is 12.3. The molecule has 0 aromatic rings. The quantitative estimate of drug-likeness (QED) is 0.734. The average Bonchev–Trinajstić information content (AvgIpc) is 2.73. The Kier molecular flexibility index (Phi) is 5.04. The van der Waals surface area contributed by atoms with Crippen molar-refractivity contribution in [3.05, 3.63) is 0 Å². The summed E-state index contributed by atoms with van der Waals surface area (Å²) in [6.45, 7) is 6.98. The van der Waals surface area contributed by atoms with Gasteiger partial charge in [-0.15, -0.1) is 0 Å². The highest BCUT2D eigenvalue weighted by molar-refractivity contribution is 7.91. The van der Waals surface area contributed by atoms with Crippen molar-refractivity contribution in [2.75, 3.05) is 51.3 Å². The molecule has 2 atom stereocenters. The number of nitrogens with one attached hydrogen (secondary N) is 1. The van der Waals surface area contributed by atoms with E-state index in [1.165, 1.54) is 0 Å². The summed E-state index contributed by atoms with van der Waals surface area (Å²) in [6.07, 6.45) is 0.468. The van der Waals surface area contributed by atoms with E-state index in [0.29, 0.717) is 6.42 Å². The highest BCUT2D eigenvalue weighted by Gasteiger charge is 2.33. The first-order chi connectivity index (χ1) is 9.35. The lowest BCUT2D eigenvalue weighted by Gasteiger charge is -2.34. The molecule has 2 heterocycles. The Morgan fingerprint density at radius 1 is 1.30 bits per heavy atom. The van der Waals surface area contributed by atoms with Crippen molar-refractivity contribution >= 4 is 15.7 Å². The van der Waals surface area contributed by atoms with Crippen LogP contribution in [0.2, 0.25) is 0 Å². The van der Waals surface area contributed by atoms with Gasteiger partial charge in [0.1, 0.15) is 0 Å². The Balaban J connectivity index is 1.74. The van der Waals surface area contributed by atoms with E-state index in [0.717, 1.165) is 32.7 Å². The van der Waals surface area contributed by atoms with Crippen LogP contribution in [0.1, 0.15) is 13.3 Å². The van der Waals surface area contributed by atoms with Crippen LogP contribution in [0.25, 0.3) is 0 Å². The van der Waals surface area contributed by atoms with Gasteiger partial charge in [0.25, 0.3) is 0 Å². The number of likely N-dealkylation sites (N-methyl/N-ethyl adjacent to an activating group) is 1. The molecule has 0 spiro atoms. The number of nitrogens with zero attached hydrogens (tertiary/aromatic N) is 2. The van der Waals surface area contributed by atoms with Crippen LogP contribution < -0.4 is 5.32 Å². The fraction of sp³-hybridized carbons (Fsp3) is 0.923. The fourth-order valence-electron chi connectivity index (χ4n) is 2.83. The number of sulfone groups is 1. The van der Waals surface area contributed by atoms with E-state index >= 15 is 0 Å². The standard InChI is InChI=1S/C13H25N3O3S/c1-11(9-16-6-4-15(2)5-7-16)14-13(17)12-3-8-20(18,19)10-12/h11-12H,3-10H2,1-2H3,(H,14,17)/t11-,12+/m1/s1. The first kappa shape index (κ1) is 15.7. The Morgan fingerprint density at radius 2 is 1.95 bits per heavy atom. The molecule has 0 aliphatic carbocycles. The van der Waals surface area contributed by atoms with E-state index < -0.39 is 9.84 Å². The van der Waals surface area contributed by atoms with E-state index in [2.05, 4.69) is 22.2 Å². The molecule has 1 amide bonds. The molecule has 1 N–H and O–H groups in total. The second kappa shape index (κ2) is 6.41. The molecule has 0 radical (unpaired) electrons. The zero-order chi connectivity index (χ0) is 14.8. The first-order valence-corrected chi connectivity index (χ1v) is 9.09. The maximum Gasteiger partial charge on any atom is 0.224 e. The van der Waals surface area contributed by atoms with Crippen LogP contribution in [0, 0.1) is 5.92 Å². The van der Waals surface area contributed by atoms with Crippen LogP contribution in [-0.2, 0) is 14.6 Å². The second-order valence-corrected chi connectivity index (χ2v) is 8.34. The summed E-state index contributed by atoms with van der Waals surface area (Å²) in [6, 6.07) is 0.0641. The molecule has 2 aliphatic rings. The van der Waals surface area contributed by atoms with Crippen molar-refractivity contribution in [2.24, 2.45) is 5.92 Å². The van der Waals surface area contributed by atoms with E-state index in [4.69, 9.17) is 0 Å². The van der Waals surface area contributed by atoms with Crippen LogP contribution in [0.3, 0.4) is 0 Å². The van der Waals surface area contributed by atoms with Crippen molar-refractivity contribution in [3.8, 4) is 0 Å². The molecule has 0 saturated carbocycles. The van der Waals surface area contributed by atoms with Gasteiger partial charge in [0.05, 0.1) is 17.4 Å². The molecule has 2 rings (SSSR count). The molecular weight excluding hydrogens is 278 g/mol. The van der Waals surface area contributed by atoms with Crippen LogP contribution in [0.15, 0.2) is 0 Å². The van der Waals surface area contributed by atoms with Gasteiger partial charge in [0, 0.05) is 38.8 Å². The van der Waals surface area contributed by atoms with Gasteiger partial charge in [-0.05, 0) is 20.4 Å². The number of rotatable bonds is 4. The first-order valence-electron chi connectivity index (χ1n) is 7.27. The highest BCUT2D eigenvalue weighted by atomic mass is 32.2. The maximum atomic E-state index is 12.0. The number of hydrogen-bond donors (Lipinski definition) is 1. The van der Waals surface area contributed by atoms with Crippen molar-refractivity contribution in [1.29, 1.82) is 0 Å². The summed E-state index contributed by atoms with van der Waals surface area (Å²) in [5.74, 6) is -0.291. The molecule has 0 unspecified atom stereocenters. The Bertz CT molecular complexity index is 444. The minimum absolute atomic E-state index is 0.0140. The molecule has 2 fully saturated rings. The third-order valence-electron chi connectivity index (χ3n) is 4.12. The van der Waals surface area contributed by atoms with Gasteiger partial charge in [-0.25, -0.2) is 8.42 Å². The van der Waals surface area contributed by atoms with Gasteiger partial charge in [-0.3, -0.25) is 9.69 Å². The number of amides is 1. The number of carbonyl (C=O) groups is 1. The third-order valence-corrected chi connectivity index (χ3v) is 5.89. The van der Waals surface area contributed by atoms with Gasteiger partial charge in [0.2, 0.25) is 5.91 Å². The van der Waals surface area contributed by atoms with Crippen LogP contribution in [0.4, 0.5) is 0 Å². The van der Waals surface area contributed by atoms with Gasteiger partial charge in [-0.2, -0.15) is 0 Å². The lowest BCUT2D eigenvalue weighted by Crippen LogP contribution is -2.50. The number of hydrogen-bond acceptors (Lipinski definition) is 5. The molecule has 116 valence electrons. The molecule has 0 bridgehead atoms. The lowest BCUT2D eigenvalue weighted by atomic mass is 10.1. The molecular formula is C13H25N3O3S. The number of carbonyl (C=O) groups excluding carboxylic acids is 1. The summed E-state index contributed by atoms with van der Waals surface area (Å²) in [5, 5.41) is 2.96. The van der Waals surface area contributed by atoms with E-state index in [1.54, 1.807) is 0 Å². The predicted octanol–water partition coefficient (Wildman–Crippen LogP) is -0.827. The normalized spacial score (nSPS) is 29.2.